The molecule has 0 amide bonds. The summed E-state index contributed by atoms with van der Waals surface area (Å²) < 4.78 is 14.0. The predicted octanol–water partition coefficient (Wildman–Crippen LogP) is 4.13. The maximum atomic E-state index is 14.0. The van der Waals surface area contributed by atoms with Crippen molar-refractivity contribution >= 4 is 16.6 Å². The van der Waals surface area contributed by atoms with Crippen molar-refractivity contribution in [2.75, 3.05) is 11.9 Å². The fourth-order valence-electron chi connectivity index (χ4n) is 3.08. The molecule has 1 unspecified atom stereocenters. The Morgan fingerprint density at radius 2 is 2.00 bits per heavy atom. The molecule has 1 aromatic heterocycles. The average molecular weight is 278 g/mol. The molecule has 0 saturated carbocycles. The van der Waals surface area contributed by atoms with Crippen molar-refractivity contribution in [3.05, 3.63) is 71.7 Å². The number of aromatic nitrogens is 1. The van der Waals surface area contributed by atoms with E-state index in [2.05, 4.69) is 34.6 Å². The van der Waals surface area contributed by atoms with Gasteiger partial charge in [0.1, 0.15) is 11.6 Å². The molecule has 1 atom stereocenters. The number of nitrogens with zero attached hydrogens (tertiary/aromatic N) is 1. The minimum atomic E-state index is -0.225. The zero-order chi connectivity index (χ0) is 14.2. The maximum Gasteiger partial charge on any atom is 0.136 e. The Morgan fingerprint density at radius 3 is 2.90 bits per heavy atom. The van der Waals surface area contributed by atoms with Gasteiger partial charge in [0, 0.05) is 18.7 Å². The van der Waals surface area contributed by atoms with E-state index in [0.29, 0.717) is 17.1 Å². The highest BCUT2D eigenvalue weighted by molar-refractivity contribution is 5.92. The van der Waals surface area contributed by atoms with Gasteiger partial charge in [0.2, 0.25) is 0 Å². The van der Waals surface area contributed by atoms with E-state index < -0.39 is 0 Å². The summed E-state index contributed by atoms with van der Waals surface area (Å²) in [5.41, 5.74) is 2.81. The molecule has 104 valence electrons. The number of hydrogen-bond acceptors (Lipinski definition) is 2. The summed E-state index contributed by atoms with van der Waals surface area (Å²) in [4.78, 5) is 4.30. The van der Waals surface area contributed by atoms with E-state index in [1.807, 2.05) is 12.1 Å². The fraction of sp³-hybridized carbons (Fsp3) is 0.167. The number of fused-ring (bicyclic) bond motifs is 2. The predicted molar refractivity (Wildman–Crippen MR) is 83.1 cm³/mol. The maximum absolute atomic E-state index is 14.0. The fourth-order valence-corrected chi connectivity index (χ4v) is 3.08. The molecule has 0 bridgehead atoms. The molecule has 1 N–H and O–H groups in total. The number of halogens is 1. The van der Waals surface area contributed by atoms with E-state index in [9.17, 15) is 4.39 Å². The van der Waals surface area contributed by atoms with Crippen molar-refractivity contribution in [1.82, 2.24) is 4.98 Å². The molecule has 1 aliphatic carbocycles. The molecule has 21 heavy (non-hydrogen) atoms. The molecule has 0 fully saturated rings. The van der Waals surface area contributed by atoms with Crippen LogP contribution >= 0.6 is 0 Å². The third-order valence-corrected chi connectivity index (χ3v) is 4.22. The van der Waals surface area contributed by atoms with E-state index in [4.69, 9.17) is 0 Å². The van der Waals surface area contributed by atoms with Gasteiger partial charge in [-0.15, -0.1) is 0 Å². The van der Waals surface area contributed by atoms with Crippen LogP contribution < -0.4 is 5.32 Å². The largest absolute Gasteiger partial charge is 0.369 e. The molecule has 4 rings (SSSR count). The van der Waals surface area contributed by atoms with Gasteiger partial charge >= 0.3 is 0 Å². The van der Waals surface area contributed by atoms with Crippen LogP contribution in [0.5, 0.6) is 0 Å². The Morgan fingerprint density at radius 1 is 1.10 bits per heavy atom. The second-order valence-corrected chi connectivity index (χ2v) is 5.48. The van der Waals surface area contributed by atoms with Gasteiger partial charge in [-0.25, -0.2) is 9.37 Å². The number of rotatable bonds is 3. The second kappa shape index (κ2) is 4.85. The van der Waals surface area contributed by atoms with Gasteiger partial charge in [-0.1, -0.05) is 36.4 Å². The van der Waals surface area contributed by atoms with Crippen molar-refractivity contribution in [2.45, 2.75) is 12.3 Å². The van der Waals surface area contributed by atoms with Gasteiger partial charge in [-0.3, -0.25) is 0 Å². The van der Waals surface area contributed by atoms with Crippen LogP contribution in [0.1, 0.15) is 17.0 Å². The molecule has 0 radical (unpaired) electrons. The summed E-state index contributed by atoms with van der Waals surface area (Å²) in [6.45, 7) is 0.789. The summed E-state index contributed by atoms with van der Waals surface area (Å²) in [5, 5.41) is 4.77. The molecule has 1 heterocycles. The Labute approximate surface area is 122 Å². The first kappa shape index (κ1) is 12.3. The van der Waals surface area contributed by atoms with Crippen LogP contribution in [0, 0.1) is 5.82 Å². The van der Waals surface area contributed by atoms with Crippen LogP contribution in [0.4, 0.5) is 10.2 Å². The van der Waals surface area contributed by atoms with Crippen molar-refractivity contribution in [1.29, 1.82) is 0 Å². The number of pyridine rings is 1. The lowest BCUT2D eigenvalue weighted by atomic mass is 9.77. The summed E-state index contributed by atoms with van der Waals surface area (Å²) in [6.07, 6.45) is 2.80. The highest BCUT2D eigenvalue weighted by atomic mass is 19.1. The Bertz CT molecular complexity index is 808. The van der Waals surface area contributed by atoms with Crippen molar-refractivity contribution < 1.29 is 4.39 Å². The Kier molecular flexibility index (Phi) is 2.85. The van der Waals surface area contributed by atoms with E-state index >= 15 is 0 Å². The summed E-state index contributed by atoms with van der Waals surface area (Å²) in [6, 6.07) is 15.4. The highest BCUT2D eigenvalue weighted by Crippen LogP contribution is 2.35. The van der Waals surface area contributed by atoms with E-state index in [0.717, 1.165) is 18.4 Å². The van der Waals surface area contributed by atoms with Crippen LogP contribution in [0.25, 0.3) is 10.8 Å². The molecule has 3 heteroatoms. The number of hydrogen-bond donors (Lipinski definition) is 1. The Balaban J connectivity index is 1.59. The molecule has 0 spiro atoms. The van der Waals surface area contributed by atoms with Gasteiger partial charge in [0.25, 0.3) is 0 Å². The summed E-state index contributed by atoms with van der Waals surface area (Å²) in [7, 11) is 0. The van der Waals surface area contributed by atoms with Gasteiger partial charge in [0.15, 0.2) is 0 Å². The first-order valence-corrected chi connectivity index (χ1v) is 7.18. The minimum absolute atomic E-state index is 0.225. The molecular formula is C18H15FN2. The first-order chi connectivity index (χ1) is 10.3. The lowest BCUT2D eigenvalue weighted by Gasteiger charge is -2.30. The zero-order valence-electron chi connectivity index (χ0n) is 11.5. The standard InChI is InChI=1S/C18H15FN2/c19-16-7-3-5-12-8-9-20-18(17(12)16)21-11-14-10-13-4-1-2-6-15(13)14/h1-9,14H,10-11H2,(H,20,21). The van der Waals surface area contributed by atoms with Crippen molar-refractivity contribution in [3.8, 4) is 0 Å². The smallest absolute Gasteiger partial charge is 0.136 e. The van der Waals surface area contributed by atoms with Crippen molar-refractivity contribution in [2.24, 2.45) is 0 Å². The molecule has 1 aliphatic rings. The molecule has 0 saturated heterocycles. The average Bonchev–Trinajstić information content (AvgIpc) is 2.48. The zero-order valence-corrected chi connectivity index (χ0v) is 11.5. The number of anilines is 1. The highest BCUT2D eigenvalue weighted by Gasteiger charge is 2.25. The van der Waals surface area contributed by atoms with Gasteiger partial charge in [-0.2, -0.15) is 0 Å². The monoisotopic (exact) mass is 278 g/mol. The number of nitrogens with one attached hydrogen (secondary N) is 1. The first-order valence-electron chi connectivity index (χ1n) is 7.18. The van der Waals surface area contributed by atoms with Gasteiger partial charge < -0.3 is 5.32 Å². The molecule has 0 aliphatic heterocycles. The lowest BCUT2D eigenvalue weighted by Crippen LogP contribution is -2.24. The quantitative estimate of drug-likeness (QED) is 0.779. The van der Waals surface area contributed by atoms with E-state index in [1.54, 1.807) is 12.3 Å². The van der Waals surface area contributed by atoms with Crippen molar-refractivity contribution in [3.63, 3.8) is 0 Å². The lowest BCUT2D eigenvalue weighted by molar-refractivity contribution is 0.631. The third kappa shape index (κ3) is 2.05. The minimum Gasteiger partial charge on any atom is -0.369 e. The SMILES string of the molecule is Fc1cccc2ccnc(NCC3Cc4ccccc43)c12. The topological polar surface area (TPSA) is 24.9 Å². The summed E-state index contributed by atoms with van der Waals surface area (Å²) >= 11 is 0. The van der Waals surface area contributed by atoms with Crippen LogP contribution in [0.2, 0.25) is 0 Å². The van der Waals surface area contributed by atoms with Gasteiger partial charge in [-0.05, 0) is 35.1 Å². The van der Waals surface area contributed by atoms with E-state index in [1.165, 1.54) is 17.2 Å². The molecular weight excluding hydrogens is 263 g/mol. The normalized spacial score (nSPS) is 16.3. The van der Waals surface area contributed by atoms with Crippen LogP contribution in [0.3, 0.4) is 0 Å². The Hall–Kier alpha value is -2.42. The number of benzene rings is 2. The summed E-state index contributed by atoms with van der Waals surface area (Å²) in [5.74, 6) is 0.900. The molecule has 2 nitrogen and oxygen atoms in total. The molecule has 3 aromatic rings. The molecule has 2 aromatic carbocycles. The van der Waals surface area contributed by atoms with Crippen LogP contribution in [-0.4, -0.2) is 11.5 Å². The van der Waals surface area contributed by atoms with Gasteiger partial charge in [0.05, 0.1) is 5.39 Å². The van der Waals surface area contributed by atoms with E-state index in [-0.39, 0.29) is 5.82 Å². The van der Waals surface area contributed by atoms with Crippen LogP contribution in [0.15, 0.2) is 54.7 Å². The third-order valence-electron chi connectivity index (χ3n) is 4.22. The second-order valence-electron chi connectivity index (χ2n) is 5.48. The van der Waals surface area contributed by atoms with Crippen LogP contribution in [-0.2, 0) is 6.42 Å².